The highest BCUT2D eigenvalue weighted by atomic mass is 35.5. The highest BCUT2D eigenvalue weighted by Gasteiger charge is 2.41. The summed E-state index contributed by atoms with van der Waals surface area (Å²) in [6.07, 6.45) is -1.66. The molecule has 3 N–H and O–H groups in total. The standard InChI is InChI=1S/C11H11ClFN5O4S/c1-22-18-6(9(20)16-7-8(13)17-10(7)21)4-3-23-11(14-4)15-5(19)2-12/h3,7-8H,2H2,1H3,(H,16,20)(H,17,21)(H,14,15,19). The fourth-order valence-electron chi connectivity index (χ4n) is 1.58. The van der Waals surface area contributed by atoms with E-state index >= 15 is 0 Å². The molecule has 0 spiro atoms. The van der Waals surface area contributed by atoms with E-state index in [9.17, 15) is 18.8 Å². The number of aromatic nitrogens is 1. The summed E-state index contributed by atoms with van der Waals surface area (Å²) in [7, 11) is 1.21. The smallest absolute Gasteiger partial charge is 0.276 e. The van der Waals surface area contributed by atoms with Gasteiger partial charge in [-0.15, -0.1) is 22.9 Å². The number of amides is 3. The van der Waals surface area contributed by atoms with E-state index in [0.717, 1.165) is 11.3 Å². The molecule has 0 aromatic carbocycles. The van der Waals surface area contributed by atoms with Crippen LogP contribution in [-0.4, -0.2) is 53.7 Å². The first-order valence-electron chi connectivity index (χ1n) is 6.14. The van der Waals surface area contributed by atoms with Crippen molar-refractivity contribution in [3.05, 3.63) is 11.1 Å². The van der Waals surface area contributed by atoms with E-state index in [-0.39, 0.29) is 22.4 Å². The van der Waals surface area contributed by atoms with Gasteiger partial charge in [0.2, 0.25) is 18.1 Å². The Kier molecular flexibility index (Phi) is 5.45. The van der Waals surface area contributed by atoms with Crippen LogP contribution in [0.25, 0.3) is 0 Å². The number of carbonyl (C=O) groups excluding carboxylic acids is 3. The minimum atomic E-state index is -1.66. The van der Waals surface area contributed by atoms with Crippen LogP contribution in [-0.2, 0) is 19.2 Å². The summed E-state index contributed by atoms with van der Waals surface area (Å²) in [5, 5.41) is 11.7. The second-order valence-corrected chi connectivity index (χ2v) is 5.33. The molecular weight excluding hydrogens is 353 g/mol. The van der Waals surface area contributed by atoms with Crippen molar-refractivity contribution >= 4 is 51.5 Å². The number of anilines is 1. The van der Waals surface area contributed by atoms with Crippen molar-refractivity contribution in [2.75, 3.05) is 18.3 Å². The molecule has 2 atom stereocenters. The summed E-state index contributed by atoms with van der Waals surface area (Å²) in [5.74, 6) is -2.19. The van der Waals surface area contributed by atoms with Gasteiger partial charge in [0, 0.05) is 5.38 Å². The lowest BCUT2D eigenvalue weighted by Gasteiger charge is -2.30. The van der Waals surface area contributed by atoms with Crippen LogP contribution in [0.2, 0.25) is 0 Å². The SMILES string of the molecule is CON=C(C(=O)NC1C(=O)NC1F)c1csc(NC(=O)CCl)n1. The number of nitrogens with one attached hydrogen (secondary N) is 3. The minimum Gasteiger partial charge on any atom is -0.398 e. The average molecular weight is 364 g/mol. The van der Waals surface area contributed by atoms with Crippen LogP contribution in [0, 0.1) is 0 Å². The number of halogens is 2. The topological polar surface area (TPSA) is 122 Å². The summed E-state index contributed by atoms with van der Waals surface area (Å²) in [4.78, 5) is 43.0. The van der Waals surface area contributed by atoms with Gasteiger partial charge in [-0.3, -0.25) is 14.4 Å². The Morgan fingerprint density at radius 2 is 2.35 bits per heavy atom. The lowest BCUT2D eigenvalue weighted by molar-refractivity contribution is -0.139. The van der Waals surface area contributed by atoms with Crippen molar-refractivity contribution in [3.8, 4) is 0 Å². The fourth-order valence-corrected chi connectivity index (χ4v) is 2.36. The molecule has 1 aromatic heterocycles. The Balaban J connectivity index is 2.12. The number of carbonyl (C=O) groups is 3. The zero-order valence-electron chi connectivity index (χ0n) is 11.6. The summed E-state index contributed by atoms with van der Waals surface area (Å²) < 4.78 is 13.1. The molecule has 9 nitrogen and oxygen atoms in total. The maximum atomic E-state index is 13.1. The van der Waals surface area contributed by atoms with Crippen LogP contribution >= 0.6 is 22.9 Å². The number of hydrogen-bond acceptors (Lipinski definition) is 7. The minimum absolute atomic E-state index is 0.0920. The second kappa shape index (κ2) is 7.33. The van der Waals surface area contributed by atoms with Gasteiger partial charge in [0.05, 0.1) is 0 Å². The normalized spacial score (nSPS) is 20.3. The summed E-state index contributed by atoms with van der Waals surface area (Å²) in [6, 6.07) is -1.29. The molecule has 124 valence electrons. The van der Waals surface area contributed by atoms with Crippen molar-refractivity contribution in [1.82, 2.24) is 15.6 Å². The van der Waals surface area contributed by atoms with Crippen LogP contribution in [0.1, 0.15) is 5.69 Å². The number of oxime groups is 1. The molecule has 23 heavy (non-hydrogen) atoms. The van der Waals surface area contributed by atoms with Crippen LogP contribution in [0.15, 0.2) is 10.5 Å². The van der Waals surface area contributed by atoms with E-state index in [0.29, 0.717) is 0 Å². The van der Waals surface area contributed by atoms with Gasteiger partial charge in [-0.05, 0) is 0 Å². The molecule has 1 saturated heterocycles. The molecule has 0 radical (unpaired) electrons. The van der Waals surface area contributed by atoms with Gasteiger partial charge in [0.15, 0.2) is 16.9 Å². The van der Waals surface area contributed by atoms with Crippen LogP contribution in [0.3, 0.4) is 0 Å². The van der Waals surface area contributed by atoms with Gasteiger partial charge in [-0.25, -0.2) is 9.37 Å². The predicted molar refractivity (Wildman–Crippen MR) is 80.0 cm³/mol. The first kappa shape index (κ1) is 17.1. The quantitative estimate of drug-likeness (QED) is 0.208. The molecule has 1 aliphatic rings. The molecule has 2 rings (SSSR count). The van der Waals surface area contributed by atoms with Crippen molar-refractivity contribution < 1.29 is 23.6 Å². The summed E-state index contributed by atoms with van der Waals surface area (Å²) in [5.41, 5.74) is -0.170. The molecule has 12 heteroatoms. The highest BCUT2D eigenvalue weighted by Crippen LogP contribution is 2.17. The van der Waals surface area contributed by atoms with E-state index in [1.54, 1.807) is 0 Å². The maximum absolute atomic E-state index is 13.1. The Labute approximate surface area is 138 Å². The first-order valence-corrected chi connectivity index (χ1v) is 7.56. The summed E-state index contributed by atoms with van der Waals surface area (Å²) in [6.45, 7) is 0. The lowest BCUT2D eigenvalue weighted by atomic mass is 10.1. The molecule has 3 amide bonds. The predicted octanol–water partition coefficient (Wildman–Crippen LogP) is -0.419. The van der Waals surface area contributed by atoms with Crippen molar-refractivity contribution in [1.29, 1.82) is 0 Å². The molecule has 0 saturated carbocycles. The Bertz CT molecular complexity index is 667. The van der Waals surface area contributed by atoms with E-state index in [2.05, 4.69) is 25.6 Å². The third-order valence-corrected chi connectivity index (χ3v) is 3.65. The largest absolute Gasteiger partial charge is 0.398 e. The zero-order valence-corrected chi connectivity index (χ0v) is 13.2. The number of nitrogens with zero attached hydrogens (tertiary/aromatic N) is 2. The number of thiazole rings is 1. The molecule has 2 unspecified atom stereocenters. The number of hydrogen-bond donors (Lipinski definition) is 3. The molecular formula is C11H11ClFN5O4S. The van der Waals surface area contributed by atoms with Crippen molar-refractivity contribution in [3.63, 3.8) is 0 Å². The van der Waals surface area contributed by atoms with Crippen LogP contribution in [0.4, 0.5) is 9.52 Å². The van der Waals surface area contributed by atoms with Gasteiger partial charge in [-0.2, -0.15) is 0 Å². The van der Waals surface area contributed by atoms with E-state index in [1.807, 2.05) is 5.32 Å². The lowest BCUT2D eigenvalue weighted by Crippen LogP contribution is -2.67. The molecule has 1 fully saturated rings. The van der Waals surface area contributed by atoms with Gasteiger partial charge in [-0.1, -0.05) is 5.16 Å². The molecule has 2 heterocycles. The highest BCUT2D eigenvalue weighted by molar-refractivity contribution is 7.14. The van der Waals surface area contributed by atoms with E-state index in [1.165, 1.54) is 12.5 Å². The van der Waals surface area contributed by atoms with Crippen LogP contribution < -0.4 is 16.0 Å². The maximum Gasteiger partial charge on any atom is 0.276 e. The second-order valence-electron chi connectivity index (χ2n) is 4.20. The van der Waals surface area contributed by atoms with Gasteiger partial charge in [0.1, 0.15) is 18.7 Å². The number of β-lactam (4-membered cyclic amide) rings is 1. The van der Waals surface area contributed by atoms with Crippen molar-refractivity contribution in [2.24, 2.45) is 5.16 Å². The Morgan fingerprint density at radius 1 is 1.61 bits per heavy atom. The Morgan fingerprint density at radius 3 is 2.91 bits per heavy atom. The van der Waals surface area contributed by atoms with E-state index < -0.39 is 30.1 Å². The average Bonchev–Trinajstić information content (AvgIpc) is 2.98. The van der Waals surface area contributed by atoms with Gasteiger partial charge in [0.25, 0.3) is 5.91 Å². The molecule has 1 aliphatic heterocycles. The zero-order chi connectivity index (χ0) is 17.0. The summed E-state index contributed by atoms with van der Waals surface area (Å²) >= 11 is 6.40. The van der Waals surface area contributed by atoms with Gasteiger partial charge >= 0.3 is 0 Å². The third kappa shape index (κ3) is 3.93. The molecule has 0 aliphatic carbocycles. The van der Waals surface area contributed by atoms with Gasteiger partial charge < -0.3 is 20.8 Å². The molecule has 0 bridgehead atoms. The monoisotopic (exact) mass is 363 g/mol. The fraction of sp³-hybridized carbons (Fsp3) is 0.364. The third-order valence-electron chi connectivity index (χ3n) is 2.65. The Hall–Kier alpha value is -2.27. The molecule has 1 aromatic rings. The number of alkyl halides is 2. The van der Waals surface area contributed by atoms with E-state index in [4.69, 9.17) is 11.6 Å². The number of rotatable bonds is 6. The van der Waals surface area contributed by atoms with Crippen molar-refractivity contribution in [2.45, 2.75) is 12.3 Å². The first-order chi connectivity index (χ1) is 11.0. The van der Waals surface area contributed by atoms with Crippen LogP contribution in [0.5, 0.6) is 0 Å².